The molecule has 2 amide bonds. The topological polar surface area (TPSA) is 79.8 Å². The fourth-order valence-corrected chi connectivity index (χ4v) is 3.54. The number of halogens is 1. The van der Waals surface area contributed by atoms with Gasteiger partial charge in [0.05, 0.1) is 25.3 Å². The van der Waals surface area contributed by atoms with E-state index in [1.54, 1.807) is 30.2 Å². The van der Waals surface area contributed by atoms with Gasteiger partial charge in [-0.1, -0.05) is 11.6 Å². The summed E-state index contributed by atoms with van der Waals surface area (Å²) in [7, 11) is 3.14. The van der Waals surface area contributed by atoms with Gasteiger partial charge in [0.1, 0.15) is 5.75 Å². The molecule has 8 nitrogen and oxygen atoms in total. The van der Waals surface area contributed by atoms with Crippen molar-refractivity contribution >= 4 is 40.2 Å². The Hall–Kier alpha value is -3.26. The van der Waals surface area contributed by atoms with Gasteiger partial charge in [-0.25, -0.2) is 14.8 Å². The fraction of sp³-hybridized carbons (Fsp3) is 0.286. The molecule has 1 aliphatic rings. The number of urea groups is 1. The number of hydrogen-bond donors (Lipinski definition) is 1. The zero-order valence-electron chi connectivity index (χ0n) is 16.8. The van der Waals surface area contributed by atoms with Crippen LogP contribution in [0.25, 0.3) is 11.0 Å². The molecule has 1 N–H and O–H groups in total. The highest BCUT2D eigenvalue weighted by Gasteiger charge is 2.23. The van der Waals surface area contributed by atoms with Crippen LogP contribution in [0.5, 0.6) is 11.6 Å². The third-order valence-corrected chi connectivity index (χ3v) is 5.25. The van der Waals surface area contributed by atoms with E-state index < -0.39 is 0 Å². The molecule has 2 heterocycles. The molecule has 1 saturated heterocycles. The number of ether oxygens (including phenoxy) is 2. The van der Waals surface area contributed by atoms with Crippen LogP contribution in [0.3, 0.4) is 0 Å². The number of anilines is 2. The lowest BCUT2D eigenvalue weighted by atomic mass is 10.2. The van der Waals surface area contributed by atoms with E-state index in [9.17, 15) is 4.79 Å². The van der Waals surface area contributed by atoms with Crippen molar-refractivity contribution in [2.24, 2.45) is 0 Å². The minimum Gasteiger partial charge on any atom is -0.497 e. The van der Waals surface area contributed by atoms with Gasteiger partial charge >= 0.3 is 6.03 Å². The molecule has 0 saturated carbocycles. The Labute approximate surface area is 179 Å². The summed E-state index contributed by atoms with van der Waals surface area (Å²) in [5, 5.41) is 3.39. The molecule has 0 bridgehead atoms. The van der Waals surface area contributed by atoms with Gasteiger partial charge in [0, 0.05) is 36.9 Å². The smallest absolute Gasteiger partial charge is 0.323 e. The van der Waals surface area contributed by atoms with Crippen LogP contribution in [-0.4, -0.2) is 61.3 Å². The summed E-state index contributed by atoms with van der Waals surface area (Å²) < 4.78 is 10.5. The van der Waals surface area contributed by atoms with Crippen LogP contribution < -0.4 is 19.7 Å². The second-order valence-electron chi connectivity index (χ2n) is 6.82. The van der Waals surface area contributed by atoms with Gasteiger partial charge in [-0.05, 0) is 42.5 Å². The number of benzene rings is 2. The lowest BCUT2D eigenvalue weighted by molar-refractivity contribution is 0.208. The molecule has 2 aromatic carbocycles. The van der Waals surface area contributed by atoms with Gasteiger partial charge in [0.25, 0.3) is 5.88 Å². The van der Waals surface area contributed by atoms with Crippen LogP contribution in [-0.2, 0) is 0 Å². The minimum atomic E-state index is -0.231. The van der Waals surface area contributed by atoms with Crippen molar-refractivity contribution in [3.63, 3.8) is 0 Å². The van der Waals surface area contributed by atoms with E-state index in [-0.39, 0.29) is 17.7 Å². The van der Waals surface area contributed by atoms with Crippen molar-refractivity contribution in [3.05, 3.63) is 47.5 Å². The first-order chi connectivity index (χ1) is 14.6. The van der Waals surface area contributed by atoms with Crippen molar-refractivity contribution in [1.29, 1.82) is 0 Å². The van der Waals surface area contributed by atoms with Gasteiger partial charge in [-0.15, -0.1) is 0 Å². The first kappa shape index (κ1) is 20.0. The quantitative estimate of drug-likeness (QED) is 0.684. The first-order valence-corrected chi connectivity index (χ1v) is 9.91. The summed E-state index contributed by atoms with van der Waals surface area (Å²) in [4.78, 5) is 25.7. The Kier molecular flexibility index (Phi) is 5.76. The van der Waals surface area contributed by atoms with Gasteiger partial charge < -0.3 is 19.3 Å². The average molecular weight is 428 g/mol. The lowest BCUT2D eigenvalue weighted by Gasteiger charge is -2.36. The predicted octanol–water partition coefficient (Wildman–Crippen LogP) is 3.65. The number of carbonyl (C=O) groups is 1. The number of carbonyl (C=O) groups excluding carboxylic acids is 1. The molecule has 0 atom stereocenters. The maximum Gasteiger partial charge on any atom is 0.323 e. The molecular formula is C21H22ClN5O3. The number of nitrogens with one attached hydrogen (secondary N) is 1. The summed E-state index contributed by atoms with van der Waals surface area (Å²) in [6.45, 7) is 2.66. The Morgan fingerprint density at radius 1 is 0.967 bits per heavy atom. The fourth-order valence-electron chi connectivity index (χ4n) is 3.38. The van der Waals surface area contributed by atoms with Crippen LogP contribution in [0.1, 0.15) is 0 Å². The predicted molar refractivity (Wildman–Crippen MR) is 117 cm³/mol. The summed E-state index contributed by atoms with van der Waals surface area (Å²) in [6, 6.07) is 12.9. The van der Waals surface area contributed by atoms with Gasteiger partial charge in [-0.2, -0.15) is 0 Å². The van der Waals surface area contributed by atoms with Gasteiger partial charge in [0.2, 0.25) is 0 Å². The van der Waals surface area contributed by atoms with E-state index in [1.165, 1.54) is 7.11 Å². The Bertz CT molecular complexity index is 1050. The number of methoxy groups -OCH3 is 2. The molecule has 0 unspecified atom stereocenters. The third kappa shape index (κ3) is 4.18. The molecule has 3 aromatic rings. The van der Waals surface area contributed by atoms with Crippen molar-refractivity contribution in [2.75, 3.05) is 50.6 Å². The van der Waals surface area contributed by atoms with Crippen molar-refractivity contribution in [3.8, 4) is 11.6 Å². The number of fused-ring (bicyclic) bond motifs is 1. The van der Waals surface area contributed by atoms with E-state index in [0.29, 0.717) is 29.1 Å². The standard InChI is InChI=1S/C21H22ClN5O3/c1-29-16-6-4-15(5-7-16)26-9-11-27(12-10-26)21(28)25-19-20(30-2)24-18-13-14(22)3-8-17(18)23-19/h3-8,13H,9-12H2,1-2H3,(H,23,25,28). The van der Waals surface area contributed by atoms with Crippen molar-refractivity contribution < 1.29 is 14.3 Å². The molecule has 0 spiro atoms. The van der Waals surface area contributed by atoms with Crippen LogP contribution in [0.4, 0.5) is 16.3 Å². The molecule has 156 valence electrons. The molecule has 1 aromatic heterocycles. The molecular weight excluding hydrogens is 406 g/mol. The molecule has 9 heteroatoms. The second-order valence-corrected chi connectivity index (χ2v) is 7.25. The summed E-state index contributed by atoms with van der Waals surface area (Å²) >= 11 is 6.02. The minimum absolute atomic E-state index is 0.231. The monoisotopic (exact) mass is 427 g/mol. The average Bonchev–Trinajstić information content (AvgIpc) is 2.79. The number of piperazine rings is 1. The first-order valence-electron chi connectivity index (χ1n) is 9.53. The summed E-state index contributed by atoms with van der Waals surface area (Å²) in [6.07, 6.45) is 0. The highest BCUT2D eigenvalue weighted by Crippen LogP contribution is 2.26. The van der Waals surface area contributed by atoms with E-state index in [0.717, 1.165) is 24.5 Å². The molecule has 1 aliphatic heterocycles. The number of hydrogen-bond acceptors (Lipinski definition) is 6. The van der Waals surface area contributed by atoms with Gasteiger partial charge in [-0.3, -0.25) is 5.32 Å². The largest absolute Gasteiger partial charge is 0.497 e. The summed E-state index contributed by atoms with van der Waals surface area (Å²) in [5.41, 5.74) is 2.34. The zero-order chi connectivity index (χ0) is 21.1. The van der Waals surface area contributed by atoms with Gasteiger partial charge in [0.15, 0.2) is 5.82 Å². The number of nitrogens with zero attached hydrogens (tertiary/aromatic N) is 4. The third-order valence-electron chi connectivity index (χ3n) is 5.02. The van der Waals surface area contributed by atoms with Crippen molar-refractivity contribution in [1.82, 2.24) is 14.9 Å². The normalized spacial score (nSPS) is 14.0. The van der Waals surface area contributed by atoms with E-state index >= 15 is 0 Å². The van der Waals surface area contributed by atoms with Crippen molar-refractivity contribution in [2.45, 2.75) is 0 Å². The zero-order valence-corrected chi connectivity index (χ0v) is 17.5. The van der Waals surface area contributed by atoms with E-state index in [4.69, 9.17) is 21.1 Å². The molecule has 0 aliphatic carbocycles. The highest BCUT2D eigenvalue weighted by atomic mass is 35.5. The lowest BCUT2D eigenvalue weighted by Crippen LogP contribution is -2.50. The van der Waals surface area contributed by atoms with E-state index in [1.807, 2.05) is 24.3 Å². The molecule has 0 radical (unpaired) electrons. The number of aromatic nitrogens is 2. The SMILES string of the molecule is COc1ccc(N2CCN(C(=O)Nc3nc4ccc(Cl)cc4nc3OC)CC2)cc1. The summed E-state index contributed by atoms with van der Waals surface area (Å²) in [5.74, 6) is 1.36. The Balaban J connectivity index is 1.42. The molecule has 4 rings (SSSR count). The van der Waals surface area contributed by atoms with Crippen LogP contribution in [0, 0.1) is 0 Å². The number of amides is 2. The Morgan fingerprint density at radius 3 is 2.37 bits per heavy atom. The number of rotatable bonds is 4. The highest BCUT2D eigenvalue weighted by molar-refractivity contribution is 6.31. The van der Waals surface area contributed by atoms with Crippen LogP contribution in [0.2, 0.25) is 5.02 Å². The van der Waals surface area contributed by atoms with Crippen LogP contribution in [0.15, 0.2) is 42.5 Å². The maximum atomic E-state index is 12.8. The second kappa shape index (κ2) is 8.62. The molecule has 30 heavy (non-hydrogen) atoms. The van der Waals surface area contributed by atoms with Crippen LogP contribution >= 0.6 is 11.6 Å². The Morgan fingerprint density at radius 2 is 1.70 bits per heavy atom. The van der Waals surface area contributed by atoms with E-state index in [2.05, 4.69) is 20.2 Å². The maximum absolute atomic E-state index is 12.8. The molecule has 1 fully saturated rings.